The highest BCUT2D eigenvalue weighted by Gasteiger charge is 2.41. The van der Waals surface area contributed by atoms with Crippen LogP contribution in [0.4, 0.5) is 24.8 Å². The Morgan fingerprint density at radius 2 is 1.74 bits per heavy atom. The average Bonchev–Trinajstić information content (AvgIpc) is 2.95. The van der Waals surface area contributed by atoms with Gasteiger partial charge in [-0.05, 0) is 41.3 Å². The normalized spacial score (nSPS) is 16.4. The lowest BCUT2D eigenvalue weighted by atomic mass is 10.0. The number of carbonyl (C=O) groups excluding carboxylic acids is 1. The predicted octanol–water partition coefficient (Wildman–Crippen LogP) is 3.10. The number of piperazine rings is 1. The Hall–Kier alpha value is -4.24. The summed E-state index contributed by atoms with van der Waals surface area (Å²) in [4.78, 5) is 33.8. The van der Waals surface area contributed by atoms with Gasteiger partial charge in [-0.25, -0.2) is 23.2 Å². The maximum absolute atomic E-state index is 13.6. The van der Waals surface area contributed by atoms with Gasteiger partial charge in [0.1, 0.15) is 11.9 Å². The van der Waals surface area contributed by atoms with E-state index in [9.17, 15) is 36.3 Å². The minimum absolute atomic E-state index is 0.0147. The SMILES string of the molecule is CC(C)c1ccc(CNC(=O)[C@H]2CN(c3cnc(C(=O)O)c(N)n3)CCN2S(=O)(=O)c2ccc(C(F)(F)F)cc2)cc1. The van der Waals surface area contributed by atoms with Crippen LogP contribution in [0.25, 0.3) is 0 Å². The molecular weight excluding hydrogens is 577 g/mol. The largest absolute Gasteiger partial charge is 0.476 e. The number of benzene rings is 2. The highest BCUT2D eigenvalue weighted by Crippen LogP contribution is 2.31. The second-order valence-electron chi connectivity index (χ2n) is 9.98. The topological polar surface area (TPSA) is 159 Å². The van der Waals surface area contributed by atoms with Gasteiger partial charge in [-0.15, -0.1) is 0 Å². The summed E-state index contributed by atoms with van der Waals surface area (Å²) in [6.07, 6.45) is -3.49. The molecule has 0 unspecified atom stereocenters. The zero-order chi connectivity index (χ0) is 30.8. The predicted molar refractivity (Wildman–Crippen MR) is 147 cm³/mol. The number of carboxylic acids is 1. The molecule has 0 saturated carbocycles. The van der Waals surface area contributed by atoms with Crippen molar-refractivity contribution in [3.05, 3.63) is 77.1 Å². The number of aromatic carboxylic acids is 1. The molecule has 2 aromatic carbocycles. The molecule has 11 nitrogen and oxygen atoms in total. The summed E-state index contributed by atoms with van der Waals surface area (Å²) in [7, 11) is -4.41. The molecule has 1 aliphatic heterocycles. The molecule has 1 amide bonds. The Morgan fingerprint density at radius 3 is 2.29 bits per heavy atom. The standard InChI is InChI=1S/C27H29F3N6O5S/c1-16(2)18-5-3-17(4-6-18)13-33-25(37)21-15-35(22-14-32-23(26(38)39)24(31)34-22)11-12-36(21)42(40,41)20-9-7-19(8-10-20)27(28,29)30/h3-10,14,16,21H,11-13,15H2,1-2H3,(H2,31,34)(H,33,37)(H,38,39)/t21-/m1/s1. The summed E-state index contributed by atoms with van der Waals surface area (Å²) in [5.74, 6) is -1.94. The molecule has 0 spiro atoms. The lowest BCUT2D eigenvalue weighted by molar-refractivity contribution is -0.137. The molecule has 15 heteroatoms. The second-order valence-corrected chi connectivity index (χ2v) is 11.9. The molecule has 0 bridgehead atoms. The Labute approximate surface area is 240 Å². The lowest BCUT2D eigenvalue weighted by Crippen LogP contribution is -2.60. The minimum atomic E-state index is -4.65. The fraction of sp³-hybridized carbons (Fsp3) is 0.333. The molecule has 42 heavy (non-hydrogen) atoms. The Bertz CT molecular complexity index is 1560. The zero-order valence-electron chi connectivity index (χ0n) is 22.7. The second kappa shape index (κ2) is 11.9. The van der Waals surface area contributed by atoms with Crippen LogP contribution in [0, 0.1) is 0 Å². The number of amides is 1. The number of nitrogens with two attached hydrogens (primary N) is 1. The van der Waals surface area contributed by atoms with Crippen LogP contribution in [0.5, 0.6) is 0 Å². The van der Waals surface area contributed by atoms with E-state index in [1.165, 1.54) is 4.90 Å². The van der Waals surface area contributed by atoms with Gasteiger partial charge in [0.05, 0.1) is 16.7 Å². The molecule has 3 aromatic rings. The van der Waals surface area contributed by atoms with Crippen molar-refractivity contribution < 1.29 is 36.3 Å². The fourth-order valence-corrected chi connectivity index (χ4v) is 6.04. The molecule has 4 rings (SSSR count). The van der Waals surface area contributed by atoms with E-state index in [4.69, 9.17) is 5.73 Å². The van der Waals surface area contributed by atoms with Gasteiger partial charge < -0.3 is 21.1 Å². The van der Waals surface area contributed by atoms with Crippen LogP contribution in [0.1, 0.15) is 46.9 Å². The van der Waals surface area contributed by atoms with Crippen molar-refractivity contribution in [3.63, 3.8) is 0 Å². The van der Waals surface area contributed by atoms with E-state index in [1.54, 1.807) is 0 Å². The van der Waals surface area contributed by atoms with E-state index in [1.807, 2.05) is 38.1 Å². The first-order chi connectivity index (χ1) is 19.7. The Kier molecular flexibility index (Phi) is 8.73. The van der Waals surface area contributed by atoms with Gasteiger partial charge in [0.25, 0.3) is 0 Å². The maximum atomic E-state index is 13.6. The molecule has 2 heterocycles. The van der Waals surface area contributed by atoms with Crippen molar-refractivity contribution in [1.82, 2.24) is 19.6 Å². The summed E-state index contributed by atoms with van der Waals surface area (Å²) in [5.41, 5.74) is 6.15. The summed E-state index contributed by atoms with van der Waals surface area (Å²) >= 11 is 0. The number of halogens is 3. The molecule has 1 aliphatic rings. The van der Waals surface area contributed by atoms with Gasteiger partial charge in [-0.2, -0.15) is 17.5 Å². The minimum Gasteiger partial charge on any atom is -0.476 e. The smallest absolute Gasteiger partial charge is 0.416 e. The molecule has 0 radical (unpaired) electrons. The number of carbonyl (C=O) groups is 2. The summed E-state index contributed by atoms with van der Waals surface area (Å²) < 4.78 is 67.3. The third-order valence-electron chi connectivity index (χ3n) is 6.85. The first kappa shape index (κ1) is 30.7. The number of aromatic nitrogens is 2. The molecule has 1 aromatic heterocycles. The van der Waals surface area contributed by atoms with Gasteiger partial charge in [-0.1, -0.05) is 38.1 Å². The van der Waals surface area contributed by atoms with E-state index >= 15 is 0 Å². The lowest BCUT2D eigenvalue weighted by Gasteiger charge is -2.40. The van der Waals surface area contributed by atoms with Crippen molar-refractivity contribution >= 4 is 33.5 Å². The third kappa shape index (κ3) is 6.62. The van der Waals surface area contributed by atoms with Gasteiger partial charge in [-0.3, -0.25) is 4.79 Å². The summed E-state index contributed by atoms with van der Waals surface area (Å²) in [5, 5.41) is 11.9. The monoisotopic (exact) mass is 606 g/mol. The molecule has 1 atom stereocenters. The van der Waals surface area contributed by atoms with E-state index in [2.05, 4.69) is 15.3 Å². The first-order valence-electron chi connectivity index (χ1n) is 12.8. The molecule has 1 saturated heterocycles. The molecule has 1 fully saturated rings. The van der Waals surface area contributed by atoms with Crippen LogP contribution in [-0.2, 0) is 27.5 Å². The highest BCUT2D eigenvalue weighted by atomic mass is 32.2. The zero-order valence-corrected chi connectivity index (χ0v) is 23.5. The molecular formula is C27H29F3N6O5S. The number of anilines is 2. The third-order valence-corrected chi connectivity index (χ3v) is 8.77. The first-order valence-corrected chi connectivity index (χ1v) is 14.3. The number of rotatable bonds is 8. The number of hydrogen-bond donors (Lipinski definition) is 3. The van der Waals surface area contributed by atoms with E-state index < -0.39 is 50.3 Å². The number of nitrogens with one attached hydrogen (secondary N) is 1. The number of alkyl halides is 3. The number of hydrogen-bond acceptors (Lipinski definition) is 8. The number of nitrogen functional groups attached to an aromatic ring is 1. The summed E-state index contributed by atoms with van der Waals surface area (Å²) in [6, 6.07) is 9.29. The van der Waals surface area contributed by atoms with E-state index in [0.717, 1.165) is 33.8 Å². The quantitative estimate of drug-likeness (QED) is 0.350. The fourth-order valence-electron chi connectivity index (χ4n) is 4.47. The number of sulfonamides is 1. The van der Waals surface area contributed by atoms with E-state index in [0.29, 0.717) is 18.1 Å². The van der Waals surface area contributed by atoms with Crippen molar-refractivity contribution in [3.8, 4) is 0 Å². The van der Waals surface area contributed by atoms with Crippen molar-refractivity contribution in [2.45, 2.75) is 43.4 Å². The number of carboxylic acid groups (broad SMARTS) is 1. The van der Waals surface area contributed by atoms with Gasteiger partial charge in [0, 0.05) is 26.2 Å². The maximum Gasteiger partial charge on any atom is 0.416 e. The van der Waals surface area contributed by atoms with Crippen molar-refractivity contribution in [1.29, 1.82) is 0 Å². The van der Waals surface area contributed by atoms with Crippen LogP contribution >= 0.6 is 0 Å². The Morgan fingerprint density at radius 1 is 1.10 bits per heavy atom. The molecule has 4 N–H and O–H groups in total. The average molecular weight is 607 g/mol. The summed E-state index contributed by atoms with van der Waals surface area (Å²) in [6.45, 7) is 3.77. The van der Waals surface area contributed by atoms with Gasteiger partial charge in [0.15, 0.2) is 11.5 Å². The van der Waals surface area contributed by atoms with Crippen LogP contribution in [0.2, 0.25) is 0 Å². The van der Waals surface area contributed by atoms with Crippen molar-refractivity contribution in [2.75, 3.05) is 30.3 Å². The molecule has 224 valence electrons. The highest BCUT2D eigenvalue weighted by molar-refractivity contribution is 7.89. The Balaban J connectivity index is 1.62. The van der Waals surface area contributed by atoms with Gasteiger partial charge in [0.2, 0.25) is 15.9 Å². The van der Waals surface area contributed by atoms with Crippen LogP contribution in [0.3, 0.4) is 0 Å². The van der Waals surface area contributed by atoms with Crippen molar-refractivity contribution in [2.24, 2.45) is 0 Å². The number of nitrogens with zero attached hydrogens (tertiary/aromatic N) is 4. The van der Waals surface area contributed by atoms with Gasteiger partial charge >= 0.3 is 12.1 Å². The van der Waals surface area contributed by atoms with Crippen LogP contribution in [0.15, 0.2) is 59.6 Å². The van der Waals surface area contributed by atoms with Crippen LogP contribution < -0.4 is 16.0 Å². The van der Waals surface area contributed by atoms with Crippen LogP contribution in [-0.4, -0.2) is 65.4 Å². The van der Waals surface area contributed by atoms with E-state index in [-0.39, 0.29) is 37.8 Å². The molecule has 0 aliphatic carbocycles.